The molecule has 3 heteroatoms. The second-order valence-corrected chi connectivity index (χ2v) is 6.32. The van der Waals surface area contributed by atoms with Crippen LogP contribution in [-0.2, 0) is 24.2 Å². The lowest BCUT2D eigenvalue weighted by atomic mass is 9.96. The number of nitrogens with zero attached hydrogens (tertiary/aromatic N) is 1. The zero-order chi connectivity index (χ0) is 14.5. The summed E-state index contributed by atoms with van der Waals surface area (Å²) >= 11 is 0. The van der Waals surface area contributed by atoms with E-state index in [0.717, 1.165) is 39.0 Å². The molecule has 0 aromatic heterocycles. The predicted molar refractivity (Wildman–Crippen MR) is 85.2 cm³/mol. The van der Waals surface area contributed by atoms with Gasteiger partial charge in [0, 0.05) is 26.1 Å². The van der Waals surface area contributed by atoms with Crippen molar-refractivity contribution >= 4 is 5.91 Å². The first kappa shape index (κ1) is 14.6. The molecule has 0 bridgehead atoms. The fourth-order valence-corrected chi connectivity index (χ4v) is 3.42. The molecule has 0 radical (unpaired) electrons. The van der Waals surface area contributed by atoms with E-state index in [4.69, 9.17) is 0 Å². The Labute approximate surface area is 127 Å². The van der Waals surface area contributed by atoms with Crippen LogP contribution in [0.25, 0.3) is 0 Å². The molecule has 1 N–H and O–H groups in total. The summed E-state index contributed by atoms with van der Waals surface area (Å²) in [6.07, 6.45) is 7.58. The van der Waals surface area contributed by atoms with Crippen molar-refractivity contribution in [2.45, 2.75) is 51.5 Å². The molecule has 3 rings (SSSR count). The maximum atomic E-state index is 12.3. The van der Waals surface area contributed by atoms with Crippen LogP contribution in [0, 0.1) is 0 Å². The summed E-state index contributed by atoms with van der Waals surface area (Å²) in [6, 6.07) is 6.74. The van der Waals surface area contributed by atoms with Crippen LogP contribution in [-0.4, -0.2) is 30.4 Å². The normalized spacial score (nSPS) is 19.0. The molecular weight excluding hydrogens is 260 g/mol. The van der Waals surface area contributed by atoms with Crippen LogP contribution in [0.2, 0.25) is 0 Å². The van der Waals surface area contributed by atoms with Gasteiger partial charge in [0.25, 0.3) is 0 Å². The Morgan fingerprint density at radius 3 is 2.71 bits per heavy atom. The highest BCUT2D eigenvalue weighted by molar-refractivity contribution is 5.76. The van der Waals surface area contributed by atoms with E-state index in [1.807, 2.05) is 0 Å². The molecule has 0 spiro atoms. The number of likely N-dealkylation sites (tertiary alicyclic amines) is 1. The lowest BCUT2D eigenvalue weighted by molar-refractivity contribution is -0.131. The van der Waals surface area contributed by atoms with Crippen LogP contribution in [0.1, 0.15) is 48.8 Å². The van der Waals surface area contributed by atoms with Crippen molar-refractivity contribution in [3.05, 3.63) is 34.9 Å². The van der Waals surface area contributed by atoms with Crippen molar-refractivity contribution in [1.82, 2.24) is 10.2 Å². The number of benzene rings is 1. The van der Waals surface area contributed by atoms with Gasteiger partial charge in [-0.3, -0.25) is 4.79 Å². The van der Waals surface area contributed by atoms with Crippen LogP contribution in [0.15, 0.2) is 18.2 Å². The molecule has 0 aliphatic carbocycles. The zero-order valence-corrected chi connectivity index (χ0v) is 12.9. The van der Waals surface area contributed by atoms with Gasteiger partial charge in [-0.1, -0.05) is 31.0 Å². The van der Waals surface area contributed by atoms with Crippen LogP contribution in [0.5, 0.6) is 0 Å². The summed E-state index contributed by atoms with van der Waals surface area (Å²) in [7, 11) is 0. The van der Waals surface area contributed by atoms with Gasteiger partial charge in [-0.05, 0) is 48.9 Å². The van der Waals surface area contributed by atoms with Crippen molar-refractivity contribution in [2.75, 3.05) is 19.6 Å². The lowest BCUT2D eigenvalue weighted by Crippen LogP contribution is -2.32. The zero-order valence-electron chi connectivity index (χ0n) is 12.9. The maximum Gasteiger partial charge on any atom is 0.222 e. The minimum Gasteiger partial charge on any atom is -0.343 e. The van der Waals surface area contributed by atoms with Crippen molar-refractivity contribution in [3.8, 4) is 0 Å². The van der Waals surface area contributed by atoms with Crippen molar-refractivity contribution in [2.24, 2.45) is 0 Å². The van der Waals surface area contributed by atoms with Crippen molar-refractivity contribution in [3.63, 3.8) is 0 Å². The van der Waals surface area contributed by atoms with Gasteiger partial charge >= 0.3 is 0 Å². The van der Waals surface area contributed by atoms with Gasteiger partial charge in [0.05, 0.1) is 0 Å². The smallest absolute Gasteiger partial charge is 0.222 e. The number of carbonyl (C=O) groups excluding carboxylic acids is 1. The molecule has 0 saturated carbocycles. The largest absolute Gasteiger partial charge is 0.343 e. The Balaban J connectivity index is 1.55. The summed E-state index contributed by atoms with van der Waals surface area (Å²) in [5.74, 6) is 0.344. The highest BCUT2D eigenvalue weighted by atomic mass is 16.2. The third kappa shape index (κ3) is 3.85. The van der Waals surface area contributed by atoms with E-state index >= 15 is 0 Å². The van der Waals surface area contributed by atoms with Gasteiger partial charge in [0.1, 0.15) is 0 Å². The van der Waals surface area contributed by atoms with Gasteiger partial charge in [0.15, 0.2) is 0 Å². The van der Waals surface area contributed by atoms with E-state index in [2.05, 4.69) is 28.4 Å². The molecule has 1 saturated heterocycles. The number of hydrogen-bond donors (Lipinski definition) is 1. The molecule has 21 heavy (non-hydrogen) atoms. The van der Waals surface area contributed by atoms with E-state index in [0.29, 0.717) is 12.3 Å². The van der Waals surface area contributed by atoms with Crippen LogP contribution < -0.4 is 5.32 Å². The summed E-state index contributed by atoms with van der Waals surface area (Å²) in [6.45, 7) is 3.99. The first-order chi connectivity index (χ1) is 10.3. The van der Waals surface area contributed by atoms with E-state index in [9.17, 15) is 4.79 Å². The van der Waals surface area contributed by atoms with Gasteiger partial charge in [-0.25, -0.2) is 0 Å². The Hall–Kier alpha value is -1.35. The average Bonchev–Trinajstić information content (AvgIpc) is 2.81. The van der Waals surface area contributed by atoms with Crippen molar-refractivity contribution < 1.29 is 4.79 Å². The van der Waals surface area contributed by atoms with Crippen LogP contribution in [0.4, 0.5) is 0 Å². The molecule has 3 nitrogen and oxygen atoms in total. The van der Waals surface area contributed by atoms with Crippen LogP contribution >= 0.6 is 0 Å². The predicted octanol–water partition coefficient (Wildman–Crippen LogP) is 2.67. The molecule has 2 aliphatic heterocycles. The van der Waals surface area contributed by atoms with Crippen LogP contribution in [0.3, 0.4) is 0 Å². The average molecular weight is 286 g/mol. The van der Waals surface area contributed by atoms with E-state index in [-0.39, 0.29) is 0 Å². The lowest BCUT2D eigenvalue weighted by Gasteiger charge is -2.21. The van der Waals surface area contributed by atoms with Gasteiger partial charge < -0.3 is 10.2 Å². The Bertz CT molecular complexity index is 490. The third-order valence-electron chi connectivity index (χ3n) is 4.74. The molecule has 1 fully saturated rings. The molecule has 114 valence electrons. The second kappa shape index (κ2) is 7.08. The molecule has 1 aromatic carbocycles. The Morgan fingerprint density at radius 1 is 1.10 bits per heavy atom. The molecule has 1 amide bonds. The summed E-state index contributed by atoms with van der Waals surface area (Å²) in [5, 5.41) is 3.40. The fourth-order valence-electron chi connectivity index (χ4n) is 3.42. The SMILES string of the molecule is O=C(CCc1ccc2c(c1)CCNC2)N1CCCCCC1. The molecular formula is C18H26N2O. The number of rotatable bonds is 3. The Kier molecular flexibility index (Phi) is 4.91. The molecule has 2 aliphatic rings. The first-order valence-corrected chi connectivity index (χ1v) is 8.42. The van der Waals surface area contributed by atoms with Gasteiger partial charge in [-0.15, -0.1) is 0 Å². The third-order valence-corrected chi connectivity index (χ3v) is 4.74. The molecule has 2 heterocycles. The quantitative estimate of drug-likeness (QED) is 0.926. The minimum atomic E-state index is 0.344. The van der Waals surface area contributed by atoms with E-state index in [1.54, 1.807) is 0 Å². The first-order valence-electron chi connectivity index (χ1n) is 8.42. The number of aryl methyl sites for hydroxylation is 1. The summed E-state index contributed by atoms with van der Waals surface area (Å²) in [5.41, 5.74) is 4.20. The van der Waals surface area contributed by atoms with E-state index < -0.39 is 0 Å². The Morgan fingerprint density at radius 2 is 1.90 bits per heavy atom. The number of carbonyl (C=O) groups is 1. The minimum absolute atomic E-state index is 0.344. The monoisotopic (exact) mass is 286 g/mol. The summed E-state index contributed by atoms with van der Waals surface area (Å²) < 4.78 is 0. The van der Waals surface area contributed by atoms with Crippen molar-refractivity contribution in [1.29, 1.82) is 0 Å². The summed E-state index contributed by atoms with van der Waals surface area (Å²) in [4.78, 5) is 14.4. The maximum absolute atomic E-state index is 12.3. The van der Waals surface area contributed by atoms with Gasteiger partial charge in [0.2, 0.25) is 5.91 Å². The second-order valence-electron chi connectivity index (χ2n) is 6.32. The molecule has 0 unspecified atom stereocenters. The molecule has 1 aromatic rings. The number of nitrogens with one attached hydrogen (secondary N) is 1. The highest BCUT2D eigenvalue weighted by Crippen LogP contribution is 2.18. The highest BCUT2D eigenvalue weighted by Gasteiger charge is 2.15. The topological polar surface area (TPSA) is 32.3 Å². The fraction of sp³-hybridized carbons (Fsp3) is 0.611. The number of amides is 1. The number of hydrogen-bond acceptors (Lipinski definition) is 2. The standard InChI is InChI=1S/C18H26N2O/c21-18(20-11-3-1-2-4-12-20)8-6-15-5-7-17-14-19-10-9-16(17)13-15/h5,7,13,19H,1-4,6,8-12,14H2. The molecule has 0 atom stereocenters. The van der Waals surface area contributed by atoms with E-state index in [1.165, 1.54) is 42.4 Å². The number of fused-ring (bicyclic) bond motifs is 1. The van der Waals surface area contributed by atoms with Gasteiger partial charge in [-0.2, -0.15) is 0 Å².